The summed E-state index contributed by atoms with van der Waals surface area (Å²) >= 11 is 3.99. The lowest BCUT2D eigenvalue weighted by atomic mass is 10.1. The minimum Gasteiger partial charge on any atom is -0.461 e. The minimum atomic E-state index is -3.10. The summed E-state index contributed by atoms with van der Waals surface area (Å²) in [6.45, 7) is 15.2. The molecule has 0 bridgehead atoms. The lowest BCUT2D eigenvalue weighted by molar-refractivity contribution is -0.147. The number of esters is 1. The van der Waals surface area contributed by atoms with Crippen molar-refractivity contribution >= 4 is 70.1 Å². The van der Waals surface area contributed by atoms with Crippen LogP contribution in [0.25, 0.3) is 0 Å². The topological polar surface area (TPSA) is 61.8 Å². The molecule has 0 amide bonds. The first-order valence-electron chi connectivity index (χ1n) is 19.0. The van der Waals surface area contributed by atoms with Gasteiger partial charge in [0.1, 0.15) is 6.10 Å². The fourth-order valence-electron chi connectivity index (χ4n) is 7.74. The summed E-state index contributed by atoms with van der Waals surface area (Å²) in [6.07, 6.45) is -0.890. The number of hydrogen-bond donors (Lipinski definition) is 0. The molecule has 5 nitrogen and oxygen atoms in total. The van der Waals surface area contributed by atoms with Crippen molar-refractivity contribution in [2.45, 2.75) is 86.9 Å². The van der Waals surface area contributed by atoms with E-state index in [2.05, 4.69) is 155 Å². The first-order chi connectivity index (χ1) is 26.2. The molecule has 1 unspecified atom stereocenters. The van der Waals surface area contributed by atoms with Gasteiger partial charge in [0.25, 0.3) is 16.6 Å². The number of carbonyl (C=O) groups is 1. The minimum absolute atomic E-state index is 0.224. The van der Waals surface area contributed by atoms with Gasteiger partial charge in [-0.2, -0.15) is 0 Å². The van der Waals surface area contributed by atoms with Crippen LogP contribution in [0.2, 0.25) is 10.1 Å². The molecule has 0 N–H and O–H groups in total. The molecule has 0 saturated carbocycles. The highest BCUT2D eigenvalue weighted by molar-refractivity contribution is 9.09. The molecule has 9 heteroatoms. The van der Waals surface area contributed by atoms with Crippen LogP contribution in [0.5, 0.6) is 0 Å². The Labute approximate surface area is 341 Å². The van der Waals surface area contributed by atoms with Crippen molar-refractivity contribution < 1.29 is 22.6 Å². The second-order valence-corrected chi connectivity index (χ2v) is 27.3. The number of alkyl halides is 1. The van der Waals surface area contributed by atoms with E-state index >= 15 is 0 Å². The quantitative estimate of drug-likeness (QED) is 0.0432. The van der Waals surface area contributed by atoms with Gasteiger partial charge < -0.3 is 13.6 Å². The predicted molar refractivity (Wildman–Crippen MR) is 237 cm³/mol. The van der Waals surface area contributed by atoms with Gasteiger partial charge >= 0.3 is 5.97 Å². The Balaban J connectivity index is 1.58. The van der Waals surface area contributed by atoms with E-state index in [-0.39, 0.29) is 22.4 Å². The largest absolute Gasteiger partial charge is 0.461 e. The molecule has 55 heavy (non-hydrogen) atoms. The van der Waals surface area contributed by atoms with Gasteiger partial charge in [-0.15, -0.1) is 0 Å². The Morgan fingerprint density at radius 2 is 1.00 bits per heavy atom. The third-order valence-electron chi connectivity index (χ3n) is 10.2. The average molecular weight is 858 g/mol. The van der Waals surface area contributed by atoms with E-state index in [0.717, 1.165) is 15.3 Å². The van der Waals surface area contributed by atoms with Gasteiger partial charge in [-0.05, 0) is 43.0 Å². The van der Waals surface area contributed by atoms with Crippen LogP contribution in [-0.2, 0) is 29.2 Å². The van der Waals surface area contributed by atoms with Gasteiger partial charge in [0, 0.05) is 18.2 Å². The van der Waals surface area contributed by atoms with Crippen LogP contribution < -0.4 is 20.7 Å². The Morgan fingerprint density at radius 3 is 1.36 bits per heavy atom. The summed E-state index contributed by atoms with van der Waals surface area (Å²) in [5, 5.41) is 4.03. The second-order valence-electron chi connectivity index (χ2n) is 16.1. The first kappa shape index (κ1) is 42.7. The van der Waals surface area contributed by atoms with Gasteiger partial charge in [-0.25, -0.2) is 0 Å². The van der Waals surface area contributed by atoms with Crippen molar-refractivity contribution in [3.63, 3.8) is 0 Å². The van der Waals surface area contributed by atoms with Crippen LogP contribution in [0.3, 0.4) is 0 Å². The average Bonchev–Trinajstić information content (AvgIpc) is 3.17. The molecule has 4 atom stereocenters. The smallest absolute Gasteiger partial charge is 0.302 e. The molecule has 0 spiro atoms. The lowest BCUT2D eigenvalue weighted by Gasteiger charge is -2.46. The molecule has 0 radical (unpaired) electrons. The van der Waals surface area contributed by atoms with Gasteiger partial charge in [0.05, 0.1) is 34.1 Å². The molecular weight excluding hydrogens is 803 g/mol. The highest BCUT2D eigenvalue weighted by atomic mass is 79.9. The predicted octanol–water partition coefficient (Wildman–Crippen LogP) is 8.40. The Bertz CT molecular complexity index is 1880. The molecule has 5 aromatic rings. The molecule has 5 rings (SSSR count). The zero-order valence-electron chi connectivity index (χ0n) is 33.1. The number of rotatable bonds is 16. The van der Waals surface area contributed by atoms with Crippen molar-refractivity contribution in [2.24, 2.45) is 0 Å². The standard InChI is InChI=1S/C46H55BrO5SSi2/c1-36(48)51-44(43(47)34-50-54(45(2,3)4,39-25-15-9-16-26-39)40-27-17-10-18-28-40)33-37(35-53(49)38-23-13-8-14-24-38)52-55(46(5,6)7,41-29-19-11-20-30-41)42-31-21-12-22-32-42/h8-32,37,43-44H,33-35H2,1-7H3/t37-,43-,44+,53?/m0/s1/i49+2. The molecule has 0 aromatic heterocycles. The fraction of sp³-hybridized carbons (Fsp3) is 0.326. The Hall–Kier alpha value is -3.45. The SMILES string of the molecule is CC(=O)O[C@H](C[C@@H](CS(=[18O])c1ccccc1)O[Si](c1ccccc1)(c1ccccc1)C(C)(C)C)[C@@H](Br)CO[Si](c1ccccc1)(c1ccccc1)C(C)(C)C. The molecule has 0 aliphatic rings. The van der Waals surface area contributed by atoms with Crippen LogP contribution in [0, 0.1) is 0 Å². The first-order valence-corrected chi connectivity index (χ1v) is 25.0. The van der Waals surface area contributed by atoms with Gasteiger partial charge in [-0.1, -0.05) is 197 Å². The molecule has 0 aliphatic carbocycles. The second kappa shape index (κ2) is 18.7. The molecule has 0 aliphatic heterocycles. The molecule has 5 aromatic carbocycles. The van der Waals surface area contributed by atoms with Crippen LogP contribution in [0.4, 0.5) is 0 Å². The van der Waals surface area contributed by atoms with E-state index in [1.165, 1.54) is 17.3 Å². The van der Waals surface area contributed by atoms with E-state index < -0.39 is 50.4 Å². The van der Waals surface area contributed by atoms with Gasteiger partial charge in [0.2, 0.25) is 0 Å². The third kappa shape index (κ3) is 9.93. The maximum atomic E-state index is 14.2. The number of halogens is 1. The maximum Gasteiger partial charge on any atom is 0.302 e. The monoisotopic (exact) mass is 856 g/mol. The van der Waals surface area contributed by atoms with Crippen molar-refractivity contribution in [1.29, 1.82) is 0 Å². The van der Waals surface area contributed by atoms with Crippen LogP contribution >= 0.6 is 15.9 Å². The van der Waals surface area contributed by atoms with Crippen LogP contribution in [-0.4, -0.2) is 56.2 Å². The van der Waals surface area contributed by atoms with Crippen molar-refractivity contribution in [1.82, 2.24) is 0 Å². The number of hydrogen-bond acceptors (Lipinski definition) is 5. The third-order valence-corrected chi connectivity index (χ3v) is 22.6. The zero-order chi connectivity index (χ0) is 39.7. The van der Waals surface area contributed by atoms with Crippen molar-refractivity contribution in [3.05, 3.63) is 152 Å². The Morgan fingerprint density at radius 1 is 0.636 bits per heavy atom. The summed E-state index contributed by atoms with van der Waals surface area (Å²) in [4.78, 5) is 13.2. The van der Waals surface area contributed by atoms with E-state index in [4.69, 9.17) is 13.6 Å². The van der Waals surface area contributed by atoms with Crippen molar-refractivity contribution in [3.8, 4) is 0 Å². The summed E-state index contributed by atoms with van der Waals surface area (Å²) in [5.41, 5.74) is 0. The lowest BCUT2D eigenvalue weighted by Crippen LogP contribution is -2.68. The van der Waals surface area contributed by atoms with Crippen molar-refractivity contribution in [2.75, 3.05) is 12.4 Å². The number of carbonyl (C=O) groups excluding carboxylic acids is 1. The van der Waals surface area contributed by atoms with E-state index in [9.17, 15) is 9.00 Å². The molecule has 0 heterocycles. The molecule has 290 valence electrons. The summed E-state index contributed by atoms with van der Waals surface area (Å²) in [6, 6.07) is 51.5. The molecular formula is C46H55BrO5SSi2. The molecule has 0 saturated heterocycles. The zero-order valence-corrected chi connectivity index (χ0v) is 37.5. The number of ether oxygens (including phenoxy) is 1. The van der Waals surface area contributed by atoms with E-state index in [0.29, 0.717) is 6.42 Å². The van der Waals surface area contributed by atoms with E-state index in [1.54, 1.807) is 0 Å². The normalized spacial score (nSPS) is 14.8. The fourth-order valence-corrected chi connectivity index (χ4v) is 19.0. The van der Waals surface area contributed by atoms with E-state index in [1.807, 2.05) is 54.6 Å². The Kier molecular flexibility index (Phi) is 14.5. The maximum absolute atomic E-state index is 14.2. The molecule has 0 fully saturated rings. The highest BCUT2D eigenvalue weighted by Gasteiger charge is 2.53. The summed E-state index contributed by atoms with van der Waals surface area (Å²) < 4.78 is 35.4. The highest BCUT2D eigenvalue weighted by Crippen LogP contribution is 2.40. The van der Waals surface area contributed by atoms with Gasteiger partial charge in [0.15, 0.2) is 0 Å². The van der Waals surface area contributed by atoms with Crippen LogP contribution in [0.15, 0.2) is 157 Å². The summed E-state index contributed by atoms with van der Waals surface area (Å²) in [5.74, 6) is -0.171. The van der Waals surface area contributed by atoms with Crippen LogP contribution in [0.1, 0.15) is 54.9 Å². The van der Waals surface area contributed by atoms with Gasteiger partial charge in [-0.3, -0.25) is 9.00 Å². The summed E-state index contributed by atoms with van der Waals surface area (Å²) in [7, 11) is -7.39. The number of benzene rings is 5.